The van der Waals surface area contributed by atoms with E-state index in [0.29, 0.717) is 6.42 Å². The number of hydrogen-bond donors (Lipinski definition) is 1. The minimum atomic E-state index is -4.38. The Morgan fingerprint density at radius 1 is 1.54 bits per heavy atom. The zero-order valence-electron chi connectivity index (χ0n) is 7.06. The first-order valence-electron chi connectivity index (χ1n) is 3.87. The van der Waals surface area contributed by atoms with Gasteiger partial charge in [-0.2, -0.15) is 13.2 Å². The van der Waals surface area contributed by atoms with E-state index in [2.05, 4.69) is 0 Å². The second-order valence-corrected chi connectivity index (χ2v) is 2.71. The summed E-state index contributed by atoms with van der Waals surface area (Å²) in [5.41, 5.74) is 4.67. The van der Waals surface area contributed by atoms with Crippen molar-refractivity contribution in [1.29, 1.82) is 0 Å². The van der Waals surface area contributed by atoms with Crippen LogP contribution in [0.4, 0.5) is 13.2 Å². The van der Waals surface area contributed by atoms with Crippen LogP contribution in [-0.2, 0) is 6.18 Å². The highest BCUT2D eigenvalue weighted by Gasteiger charge is 2.36. The molecule has 0 unspecified atom stereocenters. The summed E-state index contributed by atoms with van der Waals surface area (Å²) >= 11 is 0. The van der Waals surface area contributed by atoms with Gasteiger partial charge in [0.25, 0.3) is 0 Å². The van der Waals surface area contributed by atoms with Gasteiger partial charge in [-0.05, 0) is 12.5 Å². The van der Waals surface area contributed by atoms with Crippen LogP contribution in [0.25, 0.3) is 0 Å². The zero-order chi connectivity index (χ0) is 10.1. The summed E-state index contributed by atoms with van der Waals surface area (Å²) in [4.78, 5) is 0. The fraction of sp³-hybridized carbons (Fsp3) is 0.500. The van der Waals surface area contributed by atoms with Crippen molar-refractivity contribution in [2.75, 3.05) is 0 Å². The van der Waals surface area contributed by atoms with E-state index in [0.717, 1.165) is 12.3 Å². The molecule has 13 heavy (non-hydrogen) atoms. The van der Waals surface area contributed by atoms with Gasteiger partial charge in [0.1, 0.15) is 5.76 Å². The molecule has 0 aromatic carbocycles. The quantitative estimate of drug-likeness (QED) is 0.784. The van der Waals surface area contributed by atoms with Crippen molar-refractivity contribution in [3.05, 3.63) is 23.7 Å². The predicted octanol–water partition coefficient (Wildman–Crippen LogP) is 2.71. The Labute approximate surface area is 73.5 Å². The van der Waals surface area contributed by atoms with E-state index in [4.69, 9.17) is 10.2 Å². The first-order chi connectivity index (χ1) is 5.96. The van der Waals surface area contributed by atoms with E-state index in [1.54, 1.807) is 6.92 Å². The van der Waals surface area contributed by atoms with Crippen LogP contribution in [-0.4, -0.2) is 0 Å². The van der Waals surface area contributed by atoms with Crippen molar-refractivity contribution in [3.8, 4) is 0 Å². The van der Waals surface area contributed by atoms with Crippen molar-refractivity contribution in [2.24, 2.45) is 5.73 Å². The van der Waals surface area contributed by atoms with Gasteiger partial charge in [0.2, 0.25) is 0 Å². The lowest BCUT2D eigenvalue weighted by Gasteiger charge is -2.10. The normalized spacial score (nSPS) is 14.5. The Kier molecular flexibility index (Phi) is 2.66. The van der Waals surface area contributed by atoms with E-state index in [1.165, 1.54) is 0 Å². The van der Waals surface area contributed by atoms with Crippen molar-refractivity contribution in [2.45, 2.75) is 25.6 Å². The summed E-state index contributed by atoms with van der Waals surface area (Å²) in [5.74, 6) is -0.185. The summed E-state index contributed by atoms with van der Waals surface area (Å²) in [6.45, 7) is 1.70. The van der Waals surface area contributed by atoms with Crippen molar-refractivity contribution in [1.82, 2.24) is 0 Å². The minimum Gasteiger partial charge on any atom is -0.467 e. The summed E-state index contributed by atoms with van der Waals surface area (Å²) in [6, 6.07) is 0.205. The second-order valence-electron chi connectivity index (χ2n) is 2.71. The molecule has 2 N–H and O–H groups in total. The molecule has 0 aliphatic carbocycles. The summed E-state index contributed by atoms with van der Waals surface area (Å²) in [6.07, 6.45) is -2.96. The topological polar surface area (TPSA) is 39.2 Å². The zero-order valence-corrected chi connectivity index (χ0v) is 7.06. The van der Waals surface area contributed by atoms with Crippen LogP contribution < -0.4 is 5.73 Å². The van der Waals surface area contributed by atoms with Gasteiger partial charge in [-0.1, -0.05) is 6.92 Å². The largest absolute Gasteiger partial charge is 0.467 e. The third-order valence-corrected chi connectivity index (χ3v) is 1.78. The fourth-order valence-electron chi connectivity index (χ4n) is 1.03. The summed E-state index contributed by atoms with van der Waals surface area (Å²) in [5, 5.41) is 0. The fourth-order valence-corrected chi connectivity index (χ4v) is 1.03. The Morgan fingerprint density at radius 3 is 2.62 bits per heavy atom. The van der Waals surface area contributed by atoms with Crippen molar-refractivity contribution in [3.63, 3.8) is 0 Å². The lowest BCUT2D eigenvalue weighted by atomic mass is 10.1. The van der Waals surface area contributed by atoms with E-state index < -0.39 is 17.8 Å². The third-order valence-electron chi connectivity index (χ3n) is 1.78. The van der Waals surface area contributed by atoms with Gasteiger partial charge in [0.05, 0.1) is 17.9 Å². The molecule has 0 bridgehead atoms. The molecule has 0 aliphatic heterocycles. The van der Waals surface area contributed by atoms with Crippen LogP contribution >= 0.6 is 0 Å². The number of furan rings is 1. The highest BCUT2D eigenvalue weighted by Crippen LogP contribution is 2.35. The van der Waals surface area contributed by atoms with Gasteiger partial charge in [0.15, 0.2) is 0 Å². The van der Waals surface area contributed by atoms with Gasteiger partial charge in [0, 0.05) is 0 Å². The lowest BCUT2D eigenvalue weighted by Crippen LogP contribution is -2.14. The first-order valence-corrected chi connectivity index (χ1v) is 3.87. The van der Waals surface area contributed by atoms with E-state index in [1.807, 2.05) is 0 Å². The summed E-state index contributed by atoms with van der Waals surface area (Å²) in [7, 11) is 0. The molecule has 0 fully saturated rings. The number of hydrogen-bond acceptors (Lipinski definition) is 2. The van der Waals surface area contributed by atoms with Crippen molar-refractivity contribution >= 4 is 0 Å². The van der Waals surface area contributed by atoms with Gasteiger partial charge in [-0.3, -0.25) is 0 Å². The molecule has 74 valence electrons. The lowest BCUT2D eigenvalue weighted by molar-refractivity contribution is -0.138. The molecule has 5 heteroatoms. The monoisotopic (exact) mass is 193 g/mol. The molecule has 0 aliphatic rings. The van der Waals surface area contributed by atoms with Gasteiger partial charge in [-0.15, -0.1) is 0 Å². The van der Waals surface area contributed by atoms with Gasteiger partial charge < -0.3 is 10.2 Å². The van der Waals surface area contributed by atoms with Crippen LogP contribution in [0.3, 0.4) is 0 Å². The highest BCUT2D eigenvalue weighted by atomic mass is 19.4. The third kappa shape index (κ3) is 2.03. The average molecular weight is 193 g/mol. The van der Waals surface area contributed by atoms with E-state index >= 15 is 0 Å². The molecule has 1 aromatic rings. The standard InChI is InChI=1S/C8H10F3NO/c1-2-6(12)7-5(3-4-13-7)8(9,10)11/h3-4,6H,2,12H2,1H3/t6-/m0/s1. The summed E-state index contributed by atoms with van der Waals surface area (Å²) < 4.78 is 41.5. The smallest absolute Gasteiger partial charge is 0.419 e. The Hall–Kier alpha value is -0.970. The molecule has 0 amide bonds. The maximum Gasteiger partial charge on any atom is 0.419 e. The number of halogens is 3. The molecule has 0 saturated heterocycles. The molecule has 1 heterocycles. The number of rotatable bonds is 2. The second kappa shape index (κ2) is 3.41. The average Bonchev–Trinajstić information content (AvgIpc) is 2.49. The minimum absolute atomic E-state index is 0.185. The van der Waals surface area contributed by atoms with E-state index in [9.17, 15) is 13.2 Å². The van der Waals surface area contributed by atoms with Crippen LogP contribution in [0.1, 0.15) is 30.7 Å². The molecule has 0 spiro atoms. The molecule has 1 aromatic heterocycles. The predicted molar refractivity (Wildman–Crippen MR) is 40.9 cm³/mol. The molecule has 0 radical (unpaired) electrons. The number of alkyl halides is 3. The van der Waals surface area contributed by atoms with Crippen LogP contribution in [0.15, 0.2) is 16.7 Å². The maximum absolute atomic E-state index is 12.3. The van der Waals surface area contributed by atoms with Crippen LogP contribution in [0.5, 0.6) is 0 Å². The molecular weight excluding hydrogens is 183 g/mol. The molecule has 0 saturated carbocycles. The molecule has 2 nitrogen and oxygen atoms in total. The Balaban J connectivity index is 3.03. The van der Waals surface area contributed by atoms with Gasteiger partial charge >= 0.3 is 6.18 Å². The maximum atomic E-state index is 12.3. The van der Waals surface area contributed by atoms with Gasteiger partial charge in [-0.25, -0.2) is 0 Å². The Morgan fingerprint density at radius 2 is 2.15 bits per heavy atom. The molecular formula is C8H10F3NO. The highest BCUT2D eigenvalue weighted by molar-refractivity contribution is 5.23. The number of nitrogens with two attached hydrogens (primary N) is 1. The first kappa shape index (κ1) is 10.1. The molecule has 1 rings (SSSR count). The molecule has 1 atom stereocenters. The van der Waals surface area contributed by atoms with E-state index in [-0.39, 0.29) is 5.76 Å². The van der Waals surface area contributed by atoms with Crippen molar-refractivity contribution < 1.29 is 17.6 Å². The van der Waals surface area contributed by atoms with Crippen LogP contribution in [0.2, 0.25) is 0 Å². The van der Waals surface area contributed by atoms with Crippen LogP contribution in [0, 0.1) is 0 Å². The Bertz CT molecular complexity index is 279. The SMILES string of the molecule is CC[C@H](N)c1occc1C(F)(F)F.